The van der Waals surface area contributed by atoms with Gasteiger partial charge in [-0.1, -0.05) is 6.92 Å². The summed E-state index contributed by atoms with van der Waals surface area (Å²) in [5.74, 6) is 1.47. The average Bonchev–Trinajstić information content (AvgIpc) is 2.31. The van der Waals surface area contributed by atoms with E-state index in [1.54, 1.807) is 17.8 Å². The van der Waals surface area contributed by atoms with Gasteiger partial charge in [0, 0.05) is 22.9 Å². The summed E-state index contributed by atoms with van der Waals surface area (Å²) in [6.07, 6.45) is 0. The van der Waals surface area contributed by atoms with Crippen molar-refractivity contribution in [1.82, 2.24) is 0 Å². The third-order valence-corrected chi connectivity index (χ3v) is 4.18. The van der Waals surface area contributed by atoms with Crippen LogP contribution in [0.15, 0.2) is 21.5 Å². The van der Waals surface area contributed by atoms with Crippen LogP contribution in [0.2, 0.25) is 0 Å². The maximum Gasteiger partial charge on any atom is 0.138 e. The van der Waals surface area contributed by atoms with Crippen LogP contribution >= 0.6 is 27.7 Å². The highest BCUT2D eigenvalue weighted by Gasteiger charge is 2.14. The van der Waals surface area contributed by atoms with Crippen molar-refractivity contribution < 1.29 is 4.39 Å². The molecule has 1 N–H and O–H groups in total. The molecule has 4 heteroatoms. The average molecular weight is 276 g/mol. The molecule has 2 rings (SSSR count). The summed E-state index contributed by atoms with van der Waals surface area (Å²) in [7, 11) is 0. The number of thioether (sulfide) groups is 1. The first-order valence-corrected chi connectivity index (χ1v) is 6.30. The Morgan fingerprint density at radius 3 is 3.14 bits per heavy atom. The minimum absolute atomic E-state index is 0.187. The van der Waals surface area contributed by atoms with Crippen molar-refractivity contribution >= 4 is 33.4 Å². The number of nitrogens with one attached hydrogen (secondary N) is 1. The molecule has 1 atom stereocenters. The van der Waals surface area contributed by atoms with E-state index in [0.717, 1.165) is 22.9 Å². The molecular weight excluding hydrogens is 265 g/mol. The van der Waals surface area contributed by atoms with Gasteiger partial charge >= 0.3 is 0 Å². The van der Waals surface area contributed by atoms with E-state index in [-0.39, 0.29) is 5.82 Å². The van der Waals surface area contributed by atoms with E-state index in [1.165, 1.54) is 0 Å². The monoisotopic (exact) mass is 275 g/mol. The lowest BCUT2D eigenvalue weighted by Crippen LogP contribution is -2.10. The first-order chi connectivity index (χ1) is 6.66. The van der Waals surface area contributed by atoms with Crippen molar-refractivity contribution in [2.45, 2.75) is 11.8 Å². The second-order valence-electron chi connectivity index (χ2n) is 3.56. The summed E-state index contributed by atoms with van der Waals surface area (Å²) in [5, 5.41) is 3.33. The van der Waals surface area contributed by atoms with Crippen LogP contribution in [0, 0.1) is 11.7 Å². The van der Waals surface area contributed by atoms with Crippen molar-refractivity contribution in [3.8, 4) is 0 Å². The zero-order valence-corrected chi connectivity index (χ0v) is 10.2. The molecule has 0 spiro atoms. The lowest BCUT2D eigenvalue weighted by atomic mass is 10.2. The number of hydrogen-bond donors (Lipinski definition) is 1. The molecule has 1 aromatic carbocycles. The number of rotatable bonds is 0. The Kier molecular flexibility index (Phi) is 3.02. The molecule has 14 heavy (non-hydrogen) atoms. The fraction of sp³-hybridized carbons (Fsp3) is 0.400. The van der Waals surface area contributed by atoms with Crippen LogP contribution in [-0.2, 0) is 0 Å². The zero-order valence-electron chi connectivity index (χ0n) is 7.81. The zero-order chi connectivity index (χ0) is 10.1. The molecule has 1 aliphatic heterocycles. The largest absolute Gasteiger partial charge is 0.384 e. The van der Waals surface area contributed by atoms with Gasteiger partial charge in [0.05, 0.1) is 4.47 Å². The maximum atomic E-state index is 13.2. The van der Waals surface area contributed by atoms with Gasteiger partial charge in [-0.3, -0.25) is 0 Å². The van der Waals surface area contributed by atoms with E-state index >= 15 is 0 Å². The smallest absolute Gasteiger partial charge is 0.138 e. The molecule has 0 saturated heterocycles. The maximum absolute atomic E-state index is 13.2. The summed E-state index contributed by atoms with van der Waals surface area (Å²) >= 11 is 4.91. The minimum Gasteiger partial charge on any atom is -0.384 e. The number of halogens is 2. The van der Waals surface area contributed by atoms with Gasteiger partial charge in [-0.25, -0.2) is 4.39 Å². The molecule has 1 nitrogen and oxygen atoms in total. The highest BCUT2D eigenvalue weighted by atomic mass is 79.9. The normalized spacial score (nSPS) is 20.9. The van der Waals surface area contributed by atoms with E-state index in [0.29, 0.717) is 10.4 Å². The predicted octanol–water partition coefficient (Wildman–Crippen LogP) is 3.74. The molecule has 1 aliphatic rings. The van der Waals surface area contributed by atoms with Crippen molar-refractivity contribution in [2.24, 2.45) is 5.92 Å². The van der Waals surface area contributed by atoms with Gasteiger partial charge in [-0.15, -0.1) is 11.8 Å². The summed E-state index contributed by atoms with van der Waals surface area (Å²) in [4.78, 5) is 1.01. The Hall–Kier alpha value is -0.220. The second kappa shape index (κ2) is 4.11. The topological polar surface area (TPSA) is 12.0 Å². The number of fused-ring (bicyclic) bond motifs is 1. The van der Waals surface area contributed by atoms with Crippen LogP contribution < -0.4 is 5.32 Å². The van der Waals surface area contributed by atoms with Gasteiger partial charge in [0.15, 0.2) is 0 Å². The molecular formula is C10H11BrFNS. The van der Waals surface area contributed by atoms with Crippen LogP contribution in [0.1, 0.15) is 6.92 Å². The molecule has 0 fully saturated rings. The van der Waals surface area contributed by atoms with Gasteiger partial charge in [-0.2, -0.15) is 0 Å². The molecule has 0 aliphatic carbocycles. The van der Waals surface area contributed by atoms with E-state index in [1.807, 2.05) is 6.07 Å². The van der Waals surface area contributed by atoms with Crippen LogP contribution in [0.5, 0.6) is 0 Å². The SMILES string of the molecule is CC1CNc2cc(Br)c(F)cc2SC1. The van der Waals surface area contributed by atoms with Gasteiger partial charge in [0.25, 0.3) is 0 Å². The summed E-state index contributed by atoms with van der Waals surface area (Å²) in [6.45, 7) is 3.15. The fourth-order valence-corrected chi connectivity index (χ4v) is 2.76. The highest BCUT2D eigenvalue weighted by Crippen LogP contribution is 2.35. The molecule has 1 unspecified atom stereocenters. The van der Waals surface area contributed by atoms with Gasteiger partial charge in [0.1, 0.15) is 5.82 Å². The molecule has 0 aromatic heterocycles. The standard InChI is InChI=1S/C10H11BrFNS/c1-6-4-13-9-2-7(11)8(12)3-10(9)14-5-6/h2-3,6,13H,4-5H2,1H3. The lowest BCUT2D eigenvalue weighted by Gasteiger charge is -2.08. The van der Waals surface area contributed by atoms with E-state index in [9.17, 15) is 4.39 Å². The third-order valence-electron chi connectivity index (χ3n) is 2.19. The second-order valence-corrected chi connectivity index (χ2v) is 5.48. The Labute approximate surface area is 95.6 Å². The molecule has 0 amide bonds. The number of benzene rings is 1. The molecule has 0 bridgehead atoms. The van der Waals surface area contributed by atoms with Crippen molar-refractivity contribution in [2.75, 3.05) is 17.6 Å². The first-order valence-electron chi connectivity index (χ1n) is 4.52. The summed E-state index contributed by atoms with van der Waals surface area (Å²) in [5.41, 5.74) is 1.03. The fourth-order valence-electron chi connectivity index (χ4n) is 1.36. The molecule has 1 aromatic rings. The minimum atomic E-state index is -0.187. The Morgan fingerprint density at radius 1 is 1.57 bits per heavy atom. The third kappa shape index (κ3) is 2.06. The quantitative estimate of drug-likeness (QED) is 0.774. The Balaban J connectivity index is 2.36. The molecule has 76 valence electrons. The van der Waals surface area contributed by atoms with Crippen LogP contribution in [0.4, 0.5) is 10.1 Å². The predicted molar refractivity (Wildman–Crippen MR) is 62.5 cm³/mol. The van der Waals surface area contributed by atoms with E-state index < -0.39 is 0 Å². The van der Waals surface area contributed by atoms with Crippen molar-refractivity contribution in [3.05, 3.63) is 22.4 Å². The van der Waals surface area contributed by atoms with Gasteiger partial charge in [0.2, 0.25) is 0 Å². The summed E-state index contributed by atoms with van der Waals surface area (Å²) in [6, 6.07) is 3.41. The highest BCUT2D eigenvalue weighted by molar-refractivity contribution is 9.10. The number of anilines is 1. The summed E-state index contributed by atoms with van der Waals surface area (Å²) < 4.78 is 13.8. The molecule has 0 radical (unpaired) electrons. The number of hydrogen-bond acceptors (Lipinski definition) is 2. The van der Waals surface area contributed by atoms with Crippen LogP contribution in [0.3, 0.4) is 0 Å². The van der Waals surface area contributed by atoms with E-state index in [2.05, 4.69) is 28.2 Å². The Bertz CT molecular complexity index is 323. The van der Waals surface area contributed by atoms with Gasteiger partial charge < -0.3 is 5.32 Å². The van der Waals surface area contributed by atoms with Crippen LogP contribution in [-0.4, -0.2) is 12.3 Å². The van der Waals surface area contributed by atoms with E-state index in [4.69, 9.17) is 0 Å². The van der Waals surface area contributed by atoms with Crippen LogP contribution in [0.25, 0.3) is 0 Å². The molecule has 1 heterocycles. The first kappa shape index (κ1) is 10.3. The lowest BCUT2D eigenvalue weighted by molar-refractivity contribution is 0.618. The van der Waals surface area contributed by atoms with Crippen molar-refractivity contribution in [3.63, 3.8) is 0 Å². The van der Waals surface area contributed by atoms with Crippen molar-refractivity contribution in [1.29, 1.82) is 0 Å². The molecule has 0 saturated carbocycles. The Morgan fingerprint density at radius 2 is 2.36 bits per heavy atom. The van der Waals surface area contributed by atoms with Gasteiger partial charge in [-0.05, 0) is 34.0 Å².